The Labute approximate surface area is 144 Å². The number of allylic oxidation sites excluding steroid dienone is 1. The van der Waals surface area contributed by atoms with Crippen LogP contribution in [0.1, 0.15) is 27.7 Å². The van der Waals surface area contributed by atoms with Crippen molar-refractivity contribution in [3.05, 3.63) is 45.1 Å². The van der Waals surface area contributed by atoms with Gasteiger partial charge in [0.2, 0.25) is 0 Å². The molecule has 8 nitrogen and oxygen atoms in total. The first-order valence-corrected chi connectivity index (χ1v) is 7.95. The van der Waals surface area contributed by atoms with Crippen LogP contribution >= 0.6 is 0 Å². The van der Waals surface area contributed by atoms with Crippen molar-refractivity contribution in [2.75, 3.05) is 0 Å². The quantitative estimate of drug-likeness (QED) is 0.768. The molecule has 2 aromatic heterocycles. The molecule has 3 rings (SSSR count). The molecule has 0 aliphatic carbocycles. The number of rotatable bonds is 2. The molecule has 1 saturated heterocycles. The zero-order chi connectivity index (χ0) is 18.6. The van der Waals surface area contributed by atoms with Gasteiger partial charge in [0, 0.05) is 26.4 Å². The van der Waals surface area contributed by atoms with E-state index in [9.17, 15) is 9.59 Å². The first kappa shape index (κ1) is 17.1. The van der Waals surface area contributed by atoms with Crippen molar-refractivity contribution in [1.82, 2.24) is 13.8 Å². The van der Waals surface area contributed by atoms with Crippen molar-refractivity contribution in [2.45, 2.75) is 38.9 Å². The highest BCUT2D eigenvalue weighted by Gasteiger charge is 2.48. The van der Waals surface area contributed by atoms with Gasteiger partial charge in [0.1, 0.15) is 11.2 Å². The molecule has 134 valence electrons. The number of fused-ring (bicyclic) bond motifs is 1. The second-order valence-corrected chi connectivity index (χ2v) is 7.07. The molecule has 0 atom stereocenters. The van der Waals surface area contributed by atoms with Gasteiger partial charge in [0.05, 0.1) is 11.7 Å². The molecular formula is C17H22N4O4. The summed E-state index contributed by atoms with van der Waals surface area (Å²) in [6, 6.07) is 1.68. The van der Waals surface area contributed by atoms with Crippen molar-refractivity contribution in [3.63, 3.8) is 0 Å². The van der Waals surface area contributed by atoms with E-state index >= 15 is 0 Å². The van der Waals surface area contributed by atoms with Gasteiger partial charge in [0.25, 0.3) is 11.5 Å². The molecule has 25 heavy (non-hydrogen) atoms. The minimum atomic E-state index is -0.457. The topological polar surface area (TPSA) is 79.8 Å². The zero-order valence-corrected chi connectivity index (χ0v) is 15.2. The number of nitrogens with zero attached hydrogens (tertiary/aromatic N) is 4. The van der Waals surface area contributed by atoms with Crippen LogP contribution in [0, 0.1) is 0 Å². The summed E-state index contributed by atoms with van der Waals surface area (Å²) >= 11 is 0. The first-order valence-electron chi connectivity index (χ1n) is 7.95. The Kier molecular flexibility index (Phi) is 3.66. The summed E-state index contributed by atoms with van der Waals surface area (Å²) in [6.07, 6.45) is 4.73. The second kappa shape index (κ2) is 5.37. The Balaban J connectivity index is 1.98. The van der Waals surface area contributed by atoms with Crippen molar-refractivity contribution >= 4 is 17.2 Å². The third-order valence-corrected chi connectivity index (χ3v) is 4.85. The van der Waals surface area contributed by atoms with Crippen LogP contribution in [0.4, 0.5) is 0 Å². The molecule has 3 heterocycles. The van der Waals surface area contributed by atoms with Gasteiger partial charge in [-0.3, -0.25) is 13.9 Å². The lowest BCUT2D eigenvalue weighted by molar-refractivity contribution is 0.00578. The SMILES string of the molecule is Cn1c(=O)c2c(ccn2N=CC=C2OC(C)(C)C(C)(C)O2)n(C)c1=O. The predicted octanol–water partition coefficient (Wildman–Crippen LogP) is 1.32. The van der Waals surface area contributed by atoms with Gasteiger partial charge in [-0.05, 0) is 33.8 Å². The average Bonchev–Trinajstić information content (AvgIpc) is 3.02. The van der Waals surface area contributed by atoms with Gasteiger partial charge < -0.3 is 9.47 Å². The Bertz CT molecular complexity index is 1000. The number of hydrogen-bond donors (Lipinski definition) is 0. The number of aryl methyl sites for hydroxylation is 1. The van der Waals surface area contributed by atoms with E-state index in [0.29, 0.717) is 17.0 Å². The van der Waals surface area contributed by atoms with Gasteiger partial charge >= 0.3 is 5.69 Å². The highest BCUT2D eigenvalue weighted by atomic mass is 16.7. The fraction of sp³-hybridized carbons (Fsp3) is 0.471. The van der Waals surface area contributed by atoms with Gasteiger partial charge in [-0.1, -0.05) is 0 Å². The molecule has 0 amide bonds. The summed E-state index contributed by atoms with van der Waals surface area (Å²) < 4.78 is 15.5. The van der Waals surface area contributed by atoms with Crippen molar-refractivity contribution in [2.24, 2.45) is 19.2 Å². The van der Waals surface area contributed by atoms with Crippen LogP contribution in [-0.4, -0.2) is 31.2 Å². The molecule has 1 fully saturated rings. The van der Waals surface area contributed by atoms with Crippen molar-refractivity contribution in [1.29, 1.82) is 0 Å². The Morgan fingerprint density at radius 2 is 1.64 bits per heavy atom. The van der Waals surface area contributed by atoms with Gasteiger partial charge in [-0.15, -0.1) is 0 Å². The van der Waals surface area contributed by atoms with Crippen LogP contribution in [0.2, 0.25) is 0 Å². The Morgan fingerprint density at radius 3 is 2.24 bits per heavy atom. The van der Waals surface area contributed by atoms with E-state index in [-0.39, 0.29) is 5.69 Å². The van der Waals surface area contributed by atoms with Crippen LogP contribution in [0.15, 0.2) is 39.0 Å². The summed E-state index contributed by atoms with van der Waals surface area (Å²) in [6.45, 7) is 7.81. The van der Waals surface area contributed by atoms with Gasteiger partial charge in [-0.2, -0.15) is 5.10 Å². The van der Waals surface area contributed by atoms with Crippen LogP contribution in [0.25, 0.3) is 11.0 Å². The zero-order valence-electron chi connectivity index (χ0n) is 15.2. The van der Waals surface area contributed by atoms with E-state index < -0.39 is 16.8 Å². The maximum Gasteiger partial charge on any atom is 0.331 e. The molecule has 0 aromatic carbocycles. The van der Waals surface area contributed by atoms with Crippen LogP contribution in [0.5, 0.6) is 0 Å². The number of aromatic nitrogens is 3. The van der Waals surface area contributed by atoms with Crippen LogP contribution < -0.4 is 11.2 Å². The van der Waals surface area contributed by atoms with E-state index in [2.05, 4.69) is 5.10 Å². The summed E-state index contributed by atoms with van der Waals surface area (Å²) in [5.74, 6) is 0.371. The molecule has 1 aliphatic heterocycles. The summed E-state index contributed by atoms with van der Waals surface area (Å²) in [7, 11) is 3.06. The molecule has 0 unspecified atom stereocenters. The fourth-order valence-electron chi connectivity index (χ4n) is 2.56. The lowest BCUT2D eigenvalue weighted by atomic mass is 9.90. The van der Waals surface area contributed by atoms with E-state index in [0.717, 1.165) is 4.57 Å². The van der Waals surface area contributed by atoms with E-state index in [1.165, 1.54) is 22.5 Å². The minimum absolute atomic E-state index is 0.327. The lowest BCUT2D eigenvalue weighted by Crippen LogP contribution is -2.41. The van der Waals surface area contributed by atoms with Crippen LogP contribution in [0.3, 0.4) is 0 Å². The molecule has 8 heteroatoms. The highest BCUT2D eigenvalue weighted by molar-refractivity contribution is 5.77. The first-order chi connectivity index (χ1) is 11.5. The standard InChI is InChI=1S/C17H22N4O4/c1-16(2)17(3,4)25-12(24-16)7-9-18-21-10-8-11-13(21)14(22)20(6)15(23)19(11)5/h7-10H,1-6H3. The third-order valence-electron chi connectivity index (χ3n) is 4.85. The maximum atomic E-state index is 12.4. The lowest BCUT2D eigenvalue weighted by Gasteiger charge is -2.28. The van der Waals surface area contributed by atoms with E-state index in [1.807, 2.05) is 27.7 Å². The van der Waals surface area contributed by atoms with Crippen molar-refractivity contribution < 1.29 is 9.47 Å². The minimum Gasteiger partial charge on any atom is -0.455 e. The molecule has 1 aliphatic rings. The smallest absolute Gasteiger partial charge is 0.331 e. The number of ether oxygens (including phenoxy) is 2. The monoisotopic (exact) mass is 346 g/mol. The highest BCUT2D eigenvalue weighted by Crippen LogP contribution is 2.39. The predicted molar refractivity (Wildman–Crippen MR) is 94.7 cm³/mol. The molecule has 0 bridgehead atoms. The third kappa shape index (κ3) is 2.57. The van der Waals surface area contributed by atoms with Gasteiger partial charge in [-0.25, -0.2) is 9.47 Å². The molecular weight excluding hydrogens is 324 g/mol. The Morgan fingerprint density at radius 1 is 1.04 bits per heavy atom. The molecule has 0 radical (unpaired) electrons. The molecule has 0 spiro atoms. The van der Waals surface area contributed by atoms with E-state index in [4.69, 9.17) is 9.47 Å². The summed E-state index contributed by atoms with van der Waals surface area (Å²) in [5.41, 5.74) is -0.842. The maximum absolute atomic E-state index is 12.4. The molecule has 0 N–H and O–H groups in total. The van der Waals surface area contributed by atoms with Crippen molar-refractivity contribution in [3.8, 4) is 0 Å². The summed E-state index contributed by atoms with van der Waals surface area (Å²) in [5, 5.41) is 4.25. The van der Waals surface area contributed by atoms with Crippen LogP contribution in [-0.2, 0) is 23.6 Å². The summed E-state index contributed by atoms with van der Waals surface area (Å²) in [4.78, 5) is 24.3. The fourth-order valence-corrected chi connectivity index (χ4v) is 2.56. The average molecular weight is 346 g/mol. The second-order valence-electron chi connectivity index (χ2n) is 7.07. The largest absolute Gasteiger partial charge is 0.455 e. The van der Waals surface area contributed by atoms with Gasteiger partial charge in [0.15, 0.2) is 5.52 Å². The normalized spacial score (nSPS) is 18.6. The number of hydrogen-bond acceptors (Lipinski definition) is 5. The molecule has 0 saturated carbocycles. The Hall–Kier alpha value is -2.77. The molecule has 2 aromatic rings. The van der Waals surface area contributed by atoms with E-state index in [1.54, 1.807) is 25.4 Å².